The number of hydrogen-bond acceptors (Lipinski definition) is 2. The van der Waals surface area contributed by atoms with Gasteiger partial charge in [-0.1, -0.05) is 6.92 Å². The van der Waals surface area contributed by atoms with E-state index in [0.717, 1.165) is 12.2 Å². The molecule has 0 aliphatic carbocycles. The van der Waals surface area contributed by atoms with Gasteiger partial charge in [-0.25, -0.2) is 0 Å². The van der Waals surface area contributed by atoms with Crippen LogP contribution < -0.4 is 9.47 Å². The van der Waals surface area contributed by atoms with E-state index < -0.39 is 0 Å². The van der Waals surface area contributed by atoms with E-state index in [4.69, 9.17) is 9.47 Å². The predicted octanol–water partition coefficient (Wildman–Crippen LogP) is 2.93. The Balaban J connectivity index is -0.000000260. The Labute approximate surface area is 119 Å². The van der Waals surface area contributed by atoms with Crippen LogP contribution in [-0.2, 0) is 0 Å². The Hall–Kier alpha value is 0.0662. The predicted molar refractivity (Wildman–Crippen MR) is 70.1 cm³/mol. The van der Waals surface area contributed by atoms with Gasteiger partial charge >= 0.3 is 23.1 Å². The summed E-state index contributed by atoms with van der Waals surface area (Å²) >= 11 is 0. The van der Waals surface area contributed by atoms with Crippen LogP contribution in [0.5, 0.6) is 11.5 Å². The summed E-state index contributed by atoms with van der Waals surface area (Å²) < 4.78 is 9.97. The molecule has 0 spiro atoms. The molecule has 0 saturated carbocycles. The SMILES string of the molecule is Br.COc1c[c-]ccc1OC.[CH2-]CC.[Mg+2]. The van der Waals surface area contributed by atoms with Gasteiger partial charge in [0.15, 0.2) is 0 Å². The number of ether oxygens (including phenoxy) is 2. The summed E-state index contributed by atoms with van der Waals surface area (Å²) in [6.07, 6.45) is 1.00. The van der Waals surface area contributed by atoms with Crippen molar-refractivity contribution in [3.63, 3.8) is 0 Å². The van der Waals surface area contributed by atoms with E-state index in [1.807, 2.05) is 6.92 Å². The summed E-state index contributed by atoms with van der Waals surface area (Å²) in [6.45, 7) is 5.50. The van der Waals surface area contributed by atoms with E-state index >= 15 is 0 Å². The van der Waals surface area contributed by atoms with Gasteiger partial charge in [0.05, 0.1) is 20.0 Å². The molecular weight excluding hydrogens is 268 g/mol. The van der Waals surface area contributed by atoms with E-state index in [9.17, 15) is 0 Å². The van der Waals surface area contributed by atoms with Gasteiger partial charge in [0.25, 0.3) is 0 Å². The average Bonchev–Trinajstić information content (AvgIpc) is 2.19. The fraction of sp³-hybridized carbons (Fsp3) is 0.364. The van der Waals surface area contributed by atoms with Crippen LogP contribution in [0.25, 0.3) is 0 Å². The molecule has 0 radical (unpaired) electrons. The molecule has 0 N–H and O–H groups in total. The van der Waals surface area contributed by atoms with Gasteiger partial charge in [-0.2, -0.15) is 18.6 Å². The van der Waals surface area contributed by atoms with Crippen LogP contribution in [0.15, 0.2) is 18.2 Å². The van der Waals surface area contributed by atoms with Crippen molar-refractivity contribution in [1.29, 1.82) is 0 Å². The fourth-order valence-electron chi connectivity index (χ4n) is 0.729. The van der Waals surface area contributed by atoms with Crippen molar-refractivity contribution in [3.8, 4) is 11.5 Å². The van der Waals surface area contributed by atoms with Gasteiger partial charge in [0, 0.05) is 5.75 Å². The first-order valence-electron chi connectivity index (χ1n) is 4.17. The van der Waals surface area contributed by atoms with E-state index in [-0.39, 0.29) is 40.0 Å². The summed E-state index contributed by atoms with van der Waals surface area (Å²) in [6, 6.07) is 8.20. The van der Waals surface area contributed by atoms with Gasteiger partial charge in [0.1, 0.15) is 0 Å². The first-order chi connectivity index (χ1) is 6.29. The molecule has 0 atom stereocenters. The van der Waals surface area contributed by atoms with Crippen molar-refractivity contribution in [2.75, 3.05) is 14.2 Å². The molecule has 0 aliphatic rings. The first-order valence-corrected chi connectivity index (χ1v) is 4.17. The number of rotatable bonds is 2. The third-order valence-corrected chi connectivity index (χ3v) is 1.23. The molecule has 2 nitrogen and oxygen atoms in total. The molecule has 15 heavy (non-hydrogen) atoms. The van der Waals surface area contributed by atoms with Gasteiger partial charge in [-0.05, 0) is 0 Å². The number of hydrogen-bond donors (Lipinski definition) is 0. The van der Waals surface area contributed by atoms with Crippen LogP contribution in [-0.4, -0.2) is 37.3 Å². The first kappa shape index (κ1) is 20.5. The summed E-state index contributed by atoms with van der Waals surface area (Å²) in [5.74, 6) is 1.45. The van der Waals surface area contributed by atoms with Gasteiger partial charge < -0.3 is 16.4 Å². The molecule has 0 fully saturated rings. The maximum Gasteiger partial charge on any atom is 2.00 e. The van der Waals surface area contributed by atoms with Crippen molar-refractivity contribution in [3.05, 3.63) is 31.2 Å². The van der Waals surface area contributed by atoms with E-state index in [0.29, 0.717) is 5.75 Å². The number of halogens is 1. The third kappa shape index (κ3) is 9.02. The van der Waals surface area contributed by atoms with Crippen LogP contribution in [0.4, 0.5) is 0 Å². The minimum absolute atomic E-state index is 0. The molecule has 0 saturated heterocycles. The maximum atomic E-state index is 4.99. The molecule has 0 heterocycles. The Morgan fingerprint density at radius 2 is 1.73 bits per heavy atom. The maximum absolute atomic E-state index is 4.99. The molecule has 0 amide bonds. The molecule has 0 aromatic heterocycles. The Morgan fingerprint density at radius 3 is 2.07 bits per heavy atom. The smallest absolute Gasteiger partial charge is 0.551 e. The topological polar surface area (TPSA) is 18.5 Å². The summed E-state index contributed by atoms with van der Waals surface area (Å²) in [7, 11) is 3.21. The van der Waals surface area contributed by atoms with Gasteiger partial charge in [-0.15, -0.1) is 29.1 Å². The van der Waals surface area contributed by atoms with E-state index in [1.165, 1.54) is 0 Å². The van der Waals surface area contributed by atoms with Crippen molar-refractivity contribution in [1.82, 2.24) is 0 Å². The standard InChI is InChI=1S/C8H9O2.C3H7.BrH.Mg/c1-9-7-5-3-4-6-8(7)10-2;1-3-2;;/h3,5-6H,1-2H3;1,3H2,2H3;1H;/q2*-1;;+2. The molecule has 0 aliphatic heterocycles. The van der Waals surface area contributed by atoms with Crippen molar-refractivity contribution < 1.29 is 9.47 Å². The zero-order valence-electron chi connectivity index (χ0n) is 9.58. The second kappa shape index (κ2) is 14.1. The molecule has 82 valence electrons. The van der Waals surface area contributed by atoms with Crippen LogP contribution >= 0.6 is 17.0 Å². The average molecular weight is 285 g/mol. The van der Waals surface area contributed by atoms with Crippen LogP contribution in [0.3, 0.4) is 0 Å². The van der Waals surface area contributed by atoms with E-state index in [2.05, 4.69) is 13.0 Å². The van der Waals surface area contributed by atoms with Crippen LogP contribution in [0.2, 0.25) is 0 Å². The molecule has 4 heteroatoms. The molecule has 1 aromatic carbocycles. The minimum atomic E-state index is 0. The Morgan fingerprint density at radius 1 is 1.27 bits per heavy atom. The quantitative estimate of drug-likeness (QED) is 0.614. The minimum Gasteiger partial charge on any atom is -0.551 e. The number of benzene rings is 1. The van der Waals surface area contributed by atoms with Crippen molar-refractivity contribution in [2.45, 2.75) is 13.3 Å². The molecule has 0 bridgehead atoms. The monoisotopic (exact) mass is 284 g/mol. The summed E-state index contributed by atoms with van der Waals surface area (Å²) in [5, 5.41) is 0. The fourth-order valence-corrected chi connectivity index (χ4v) is 0.729. The summed E-state index contributed by atoms with van der Waals surface area (Å²) in [4.78, 5) is 0. The van der Waals surface area contributed by atoms with Crippen LogP contribution in [0, 0.1) is 13.0 Å². The van der Waals surface area contributed by atoms with Crippen LogP contribution in [0.1, 0.15) is 13.3 Å². The Bertz CT molecular complexity index is 209. The normalized spacial score (nSPS) is 7.20. The summed E-state index contributed by atoms with van der Waals surface area (Å²) in [5.41, 5.74) is 0. The second-order valence-electron chi connectivity index (χ2n) is 2.28. The number of methoxy groups -OCH3 is 2. The zero-order valence-corrected chi connectivity index (χ0v) is 12.7. The van der Waals surface area contributed by atoms with Crippen molar-refractivity contribution >= 4 is 40.0 Å². The molecule has 1 rings (SSSR count). The van der Waals surface area contributed by atoms with Crippen molar-refractivity contribution in [2.24, 2.45) is 0 Å². The van der Waals surface area contributed by atoms with Gasteiger partial charge in [0.2, 0.25) is 0 Å². The molecule has 1 aromatic rings. The van der Waals surface area contributed by atoms with E-state index in [1.54, 1.807) is 32.4 Å². The van der Waals surface area contributed by atoms with Gasteiger partial charge in [-0.3, -0.25) is 0 Å². The Kier molecular flexibility index (Phi) is 19.2. The molecule has 0 unspecified atom stereocenters. The second-order valence-corrected chi connectivity index (χ2v) is 2.28. The third-order valence-electron chi connectivity index (χ3n) is 1.23. The zero-order chi connectivity index (χ0) is 10.1. The largest absolute Gasteiger partial charge is 2.00 e. The molecular formula is C11H17BrMgO2.